The Bertz CT molecular complexity index is 311. The third-order valence-corrected chi connectivity index (χ3v) is 2.25. The van der Waals surface area contributed by atoms with Crippen LogP contribution in [0.5, 0.6) is 0 Å². The fraction of sp³-hybridized carbons (Fsp3) is 0.500. The highest BCUT2D eigenvalue weighted by atomic mass is 16.5. The minimum atomic E-state index is -0.866. The molecular formula is C10H15NO3. The van der Waals surface area contributed by atoms with Crippen LogP contribution in [0.4, 0.5) is 0 Å². The summed E-state index contributed by atoms with van der Waals surface area (Å²) in [7, 11) is 1.50. The van der Waals surface area contributed by atoms with Gasteiger partial charge in [-0.1, -0.05) is 0 Å². The minimum Gasteiger partial charge on any atom is -0.480 e. The SMILES string of the molecule is COCC(C(=O)O)n1c(C)ccc1C. The molecule has 0 aliphatic heterocycles. The quantitative estimate of drug-likeness (QED) is 0.793. The summed E-state index contributed by atoms with van der Waals surface area (Å²) < 4.78 is 6.67. The summed E-state index contributed by atoms with van der Waals surface area (Å²) in [5.41, 5.74) is 1.87. The van der Waals surface area contributed by atoms with Gasteiger partial charge in [-0.2, -0.15) is 0 Å². The molecule has 0 saturated heterocycles. The predicted molar refractivity (Wildman–Crippen MR) is 52.5 cm³/mol. The van der Waals surface area contributed by atoms with E-state index in [0.29, 0.717) is 0 Å². The molecule has 1 heterocycles. The predicted octanol–water partition coefficient (Wildman–Crippen LogP) is 1.38. The van der Waals surface area contributed by atoms with E-state index < -0.39 is 12.0 Å². The Kier molecular flexibility index (Phi) is 3.30. The molecule has 0 fully saturated rings. The van der Waals surface area contributed by atoms with Gasteiger partial charge in [-0.25, -0.2) is 4.79 Å². The van der Waals surface area contributed by atoms with Crippen LogP contribution in [0.25, 0.3) is 0 Å². The number of ether oxygens (including phenoxy) is 1. The second-order valence-corrected chi connectivity index (χ2v) is 3.30. The number of hydrogen-bond donors (Lipinski definition) is 1. The number of nitrogens with zero attached hydrogens (tertiary/aromatic N) is 1. The Balaban J connectivity index is 3.04. The number of aryl methyl sites for hydroxylation is 2. The fourth-order valence-corrected chi connectivity index (χ4v) is 1.59. The monoisotopic (exact) mass is 197 g/mol. The van der Waals surface area contributed by atoms with Crippen LogP contribution in [0.2, 0.25) is 0 Å². The van der Waals surface area contributed by atoms with Gasteiger partial charge in [-0.15, -0.1) is 0 Å². The van der Waals surface area contributed by atoms with Crippen LogP contribution in [-0.4, -0.2) is 29.4 Å². The lowest BCUT2D eigenvalue weighted by Gasteiger charge is -2.17. The molecule has 0 radical (unpaired) electrons. The number of carboxylic acids is 1. The molecule has 14 heavy (non-hydrogen) atoms. The molecular weight excluding hydrogens is 182 g/mol. The minimum absolute atomic E-state index is 0.186. The van der Waals surface area contributed by atoms with E-state index in [-0.39, 0.29) is 6.61 Å². The Morgan fingerprint density at radius 3 is 2.36 bits per heavy atom. The van der Waals surface area contributed by atoms with Crippen molar-refractivity contribution in [1.82, 2.24) is 4.57 Å². The van der Waals surface area contributed by atoms with Crippen molar-refractivity contribution in [3.8, 4) is 0 Å². The van der Waals surface area contributed by atoms with Crippen LogP contribution >= 0.6 is 0 Å². The zero-order valence-corrected chi connectivity index (χ0v) is 8.65. The molecule has 1 aromatic heterocycles. The molecule has 78 valence electrons. The van der Waals surface area contributed by atoms with Crippen LogP contribution in [0, 0.1) is 13.8 Å². The van der Waals surface area contributed by atoms with Gasteiger partial charge in [-0.05, 0) is 26.0 Å². The second kappa shape index (κ2) is 4.28. The highest BCUT2D eigenvalue weighted by Gasteiger charge is 2.21. The van der Waals surface area contributed by atoms with E-state index in [4.69, 9.17) is 9.84 Å². The lowest BCUT2D eigenvalue weighted by Crippen LogP contribution is -2.25. The van der Waals surface area contributed by atoms with Crippen molar-refractivity contribution in [3.63, 3.8) is 0 Å². The topological polar surface area (TPSA) is 51.5 Å². The van der Waals surface area contributed by atoms with E-state index in [1.54, 1.807) is 4.57 Å². The molecule has 1 aromatic rings. The smallest absolute Gasteiger partial charge is 0.329 e. The molecule has 1 unspecified atom stereocenters. The lowest BCUT2D eigenvalue weighted by atomic mass is 10.3. The largest absolute Gasteiger partial charge is 0.480 e. The number of carbonyl (C=O) groups is 1. The first-order valence-corrected chi connectivity index (χ1v) is 4.44. The van der Waals surface area contributed by atoms with Crippen molar-refractivity contribution in [2.75, 3.05) is 13.7 Å². The molecule has 0 saturated carbocycles. The standard InChI is InChI=1S/C10H15NO3/c1-7-4-5-8(2)11(7)9(6-14-3)10(12)13/h4-5,9H,6H2,1-3H3,(H,12,13). The second-order valence-electron chi connectivity index (χ2n) is 3.30. The summed E-state index contributed by atoms with van der Waals surface area (Å²) in [6, 6.07) is 3.18. The lowest BCUT2D eigenvalue weighted by molar-refractivity contribution is -0.142. The van der Waals surface area contributed by atoms with Gasteiger partial charge < -0.3 is 14.4 Å². The maximum absolute atomic E-state index is 11.0. The maximum Gasteiger partial charge on any atom is 0.329 e. The van der Waals surface area contributed by atoms with E-state index in [1.165, 1.54) is 7.11 Å². The highest BCUT2D eigenvalue weighted by molar-refractivity contribution is 5.72. The van der Waals surface area contributed by atoms with Crippen molar-refractivity contribution < 1.29 is 14.6 Å². The van der Waals surface area contributed by atoms with Gasteiger partial charge >= 0.3 is 5.97 Å². The van der Waals surface area contributed by atoms with Gasteiger partial charge in [0.2, 0.25) is 0 Å². The van der Waals surface area contributed by atoms with Crippen molar-refractivity contribution >= 4 is 5.97 Å². The van der Waals surface area contributed by atoms with Crippen molar-refractivity contribution in [2.45, 2.75) is 19.9 Å². The first-order valence-electron chi connectivity index (χ1n) is 4.44. The van der Waals surface area contributed by atoms with E-state index in [0.717, 1.165) is 11.4 Å². The Morgan fingerprint density at radius 2 is 2.00 bits per heavy atom. The first-order chi connectivity index (χ1) is 6.57. The van der Waals surface area contributed by atoms with Gasteiger partial charge in [0.15, 0.2) is 6.04 Å². The number of rotatable bonds is 4. The van der Waals surface area contributed by atoms with Crippen molar-refractivity contribution in [3.05, 3.63) is 23.5 Å². The normalized spacial score (nSPS) is 12.8. The van der Waals surface area contributed by atoms with E-state index >= 15 is 0 Å². The van der Waals surface area contributed by atoms with Gasteiger partial charge in [0, 0.05) is 18.5 Å². The van der Waals surface area contributed by atoms with Crippen molar-refractivity contribution in [1.29, 1.82) is 0 Å². The number of aliphatic carboxylic acids is 1. The summed E-state index contributed by atoms with van der Waals surface area (Å²) in [6.07, 6.45) is 0. The summed E-state index contributed by atoms with van der Waals surface area (Å²) in [6.45, 7) is 3.96. The van der Waals surface area contributed by atoms with Crippen LogP contribution in [0.3, 0.4) is 0 Å². The zero-order valence-electron chi connectivity index (χ0n) is 8.65. The fourth-order valence-electron chi connectivity index (χ4n) is 1.59. The molecule has 4 heteroatoms. The molecule has 1 rings (SSSR count). The number of aromatic nitrogens is 1. The number of methoxy groups -OCH3 is 1. The van der Waals surface area contributed by atoms with E-state index in [1.807, 2.05) is 26.0 Å². The highest BCUT2D eigenvalue weighted by Crippen LogP contribution is 2.16. The number of carboxylic acid groups (broad SMARTS) is 1. The average Bonchev–Trinajstić information content (AvgIpc) is 2.43. The first kappa shape index (κ1) is 10.8. The van der Waals surface area contributed by atoms with E-state index in [9.17, 15) is 4.79 Å². The Labute approximate surface area is 83.1 Å². The van der Waals surface area contributed by atoms with E-state index in [2.05, 4.69) is 0 Å². The number of hydrogen-bond acceptors (Lipinski definition) is 2. The molecule has 0 bridgehead atoms. The Hall–Kier alpha value is -1.29. The van der Waals surface area contributed by atoms with Crippen LogP contribution in [-0.2, 0) is 9.53 Å². The van der Waals surface area contributed by atoms with Crippen LogP contribution in [0.1, 0.15) is 17.4 Å². The summed E-state index contributed by atoms with van der Waals surface area (Å²) >= 11 is 0. The average molecular weight is 197 g/mol. The summed E-state index contributed by atoms with van der Waals surface area (Å²) in [5, 5.41) is 9.02. The third-order valence-electron chi connectivity index (χ3n) is 2.25. The molecule has 0 aromatic carbocycles. The molecule has 0 spiro atoms. The van der Waals surface area contributed by atoms with Gasteiger partial charge in [0.1, 0.15) is 0 Å². The zero-order chi connectivity index (χ0) is 10.7. The van der Waals surface area contributed by atoms with Crippen molar-refractivity contribution in [2.24, 2.45) is 0 Å². The third kappa shape index (κ3) is 1.96. The van der Waals surface area contributed by atoms with Crippen LogP contribution in [0.15, 0.2) is 12.1 Å². The molecule has 0 aliphatic carbocycles. The van der Waals surface area contributed by atoms with Crippen LogP contribution < -0.4 is 0 Å². The molecule has 4 nitrogen and oxygen atoms in total. The molecule has 1 N–H and O–H groups in total. The van der Waals surface area contributed by atoms with Gasteiger partial charge in [-0.3, -0.25) is 0 Å². The summed E-state index contributed by atoms with van der Waals surface area (Å²) in [5.74, 6) is -0.866. The van der Waals surface area contributed by atoms with Gasteiger partial charge in [0.05, 0.1) is 6.61 Å². The maximum atomic E-state index is 11.0. The Morgan fingerprint density at radius 1 is 1.50 bits per heavy atom. The summed E-state index contributed by atoms with van der Waals surface area (Å²) in [4.78, 5) is 11.0. The molecule has 0 aliphatic rings. The molecule has 0 amide bonds. The molecule has 1 atom stereocenters. The van der Waals surface area contributed by atoms with Gasteiger partial charge in [0.25, 0.3) is 0 Å².